The van der Waals surface area contributed by atoms with E-state index in [1.807, 2.05) is 48.5 Å². The van der Waals surface area contributed by atoms with Crippen LogP contribution in [0.25, 0.3) is 0 Å². The second kappa shape index (κ2) is 15.1. The van der Waals surface area contributed by atoms with Gasteiger partial charge in [-0.3, -0.25) is 39.1 Å². The summed E-state index contributed by atoms with van der Waals surface area (Å²) in [6.45, 7) is 6.11. The minimum absolute atomic E-state index is 0.0495. The number of rotatable bonds is 8. The number of hydrogen-bond acceptors (Lipinski definition) is 9. The van der Waals surface area contributed by atoms with Crippen LogP contribution >= 0.6 is 11.6 Å². The maximum Gasteiger partial charge on any atom is 0.262 e. The second-order valence-corrected chi connectivity index (χ2v) is 15.7. The number of piperidine rings is 2. The van der Waals surface area contributed by atoms with E-state index in [4.69, 9.17) is 11.6 Å². The zero-order valence-electron chi connectivity index (χ0n) is 30.9. The van der Waals surface area contributed by atoms with Crippen molar-refractivity contribution in [3.8, 4) is 6.07 Å². The number of carbonyl (C=O) groups excluding carboxylic acids is 5. The van der Waals surface area contributed by atoms with Gasteiger partial charge in [0.1, 0.15) is 12.1 Å². The van der Waals surface area contributed by atoms with E-state index in [-0.39, 0.29) is 30.7 Å². The molecule has 0 bridgehead atoms. The van der Waals surface area contributed by atoms with Crippen molar-refractivity contribution in [1.29, 1.82) is 5.26 Å². The zero-order valence-corrected chi connectivity index (χ0v) is 31.6. The summed E-state index contributed by atoms with van der Waals surface area (Å²) in [5, 5.41) is 15.2. The highest BCUT2D eigenvalue weighted by Crippen LogP contribution is 2.36. The van der Waals surface area contributed by atoms with Crippen LogP contribution in [0.4, 0.5) is 11.4 Å². The van der Waals surface area contributed by atoms with Crippen LogP contribution < -0.4 is 20.4 Å². The number of nitriles is 1. The Morgan fingerprint density at radius 2 is 1.55 bits per heavy atom. The summed E-state index contributed by atoms with van der Waals surface area (Å²) in [6, 6.07) is 19.1. The highest BCUT2D eigenvalue weighted by atomic mass is 35.5. The second-order valence-electron chi connectivity index (χ2n) is 15.3. The Balaban J connectivity index is 0.809. The molecule has 1 atom stereocenters. The van der Waals surface area contributed by atoms with E-state index >= 15 is 0 Å². The number of anilines is 2. The first-order valence-corrected chi connectivity index (χ1v) is 19.7. The minimum atomic E-state index is -0.965. The van der Waals surface area contributed by atoms with Crippen molar-refractivity contribution in [2.45, 2.75) is 95.5 Å². The van der Waals surface area contributed by atoms with Crippen molar-refractivity contribution < 1.29 is 24.0 Å². The molecule has 2 N–H and O–H groups in total. The number of carbonyl (C=O) groups is 5. The van der Waals surface area contributed by atoms with Crippen molar-refractivity contribution in [2.24, 2.45) is 0 Å². The number of halogens is 1. The summed E-state index contributed by atoms with van der Waals surface area (Å²) in [7, 11) is 0. The van der Waals surface area contributed by atoms with Crippen molar-refractivity contribution in [1.82, 2.24) is 20.4 Å². The number of nitrogens with one attached hydrogen (secondary N) is 2. The average molecular weight is 762 g/mol. The van der Waals surface area contributed by atoms with Crippen LogP contribution in [-0.2, 0) is 22.7 Å². The lowest BCUT2D eigenvalue weighted by atomic mass is 9.89. The Morgan fingerprint density at radius 3 is 2.13 bits per heavy atom. The van der Waals surface area contributed by atoms with Gasteiger partial charge in [0.2, 0.25) is 11.8 Å². The van der Waals surface area contributed by atoms with Gasteiger partial charge < -0.3 is 15.1 Å². The predicted molar refractivity (Wildman–Crippen MR) is 207 cm³/mol. The fourth-order valence-corrected chi connectivity index (χ4v) is 9.41. The molecule has 5 aliphatic rings. The number of hydrogen-bond donors (Lipinski definition) is 2. The third-order valence-electron chi connectivity index (χ3n) is 12.2. The first-order chi connectivity index (χ1) is 26.6. The Bertz CT molecular complexity index is 2050. The maximum absolute atomic E-state index is 13.3. The largest absolute Gasteiger partial charge is 0.371 e. The zero-order chi connectivity index (χ0) is 38.4. The van der Waals surface area contributed by atoms with Crippen molar-refractivity contribution in [2.75, 3.05) is 29.4 Å². The summed E-state index contributed by atoms with van der Waals surface area (Å²) in [6.07, 6.45) is 5.88. The standard InChI is InChI=1S/C42H44ClN7O5/c1-2-49(33-10-5-26(22-44)36(43)21-33)32-11-6-29(7-12-32)45-39(52)25-3-8-30(9-4-25)47-17-15-31(16-18-47)48-23-27-19-34-35(20-28(27)24-48)42(55)50(41(34)54)37-13-14-38(51)46-40(37)53/h3-5,8-10,19-21,29,31-32,37H,2,6-7,11-18,23-24H2,1H3,(H,45,52)(H,46,51,53)/t29-,32-,37?. The molecule has 3 aromatic carbocycles. The number of amides is 5. The molecule has 13 heteroatoms. The molecule has 1 unspecified atom stereocenters. The van der Waals surface area contributed by atoms with Gasteiger partial charge >= 0.3 is 0 Å². The van der Waals surface area contributed by atoms with E-state index < -0.39 is 23.8 Å². The molecule has 1 aliphatic carbocycles. The van der Waals surface area contributed by atoms with Crippen LogP contribution in [0.3, 0.4) is 0 Å². The molecule has 55 heavy (non-hydrogen) atoms. The smallest absolute Gasteiger partial charge is 0.262 e. The van der Waals surface area contributed by atoms with Gasteiger partial charge in [-0.1, -0.05) is 11.6 Å². The molecule has 3 fully saturated rings. The van der Waals surface area contributed by atoms with Gasteiger partial charge in [-0.25, -0.2) is 0 Å². The van der Waals surface area contributed by atoms with Gasteiger partial charge in [0, 0.05) is 74.2 Å². The van der Waals surface area contributed by atoms with E-state index in [0.29, 0.717) is 52.4 Å². The van der Waals surface area contributed by atoms with Gasteiger partial charge in [0.05, 0.1) is 21.7 Å². The molecular weight excluding hydrogens is 718 g/mol. The third kappa shape index (κ3) is 7.07. The molecule has 284 valence electrons. The quantitative estimate of drug-likeness (QED) is 0.297. The number of imide groups is 2. The van der Waals surface area contributed by atoms with Crippen LogP contribution in [0.15, 0.2) is 54.6 Å². The fraction of sp³-hybridized carbons (Fsp3) is 0.429. The monoisotopic (exact) mass is 761 g/mol. The minimum Gasteiger partial charge on any atom is -0.371 e. The normalized spacial score (nSPS) is 23.0. The third-order valence-corrected chi connectivity index (χ3v) is 12.5. The van der Waals surface area contributed by atoms with Gasteiger partial charge in [-0.2, -0.15) is 5.26 Å². The number of fused-ring (bicyclic) bond motifs is 2. The lowest BCUT2D eigenvalue weighted by Gasteiger charge is -2.38. The molecule has 2 saturated heterocycles. The molecule has 0 aromatic heterocycles. The van der Waals surface area contributed by atoms with E-state index in [9.17, 15) is 29.2 Å². The van der Waals surface area contributed by atoms with Gasteiger partial charge in [0.15, 0.2) is 0 Å². The summed E-state index contributed by atoms with van der Waals surface area (Å²) in [5.41, 5.74) is 5.98. The summed E-state index contributed by atoms with van der Waals surface area (Å²) in [4.78, 5) is 72.1. The lowest BCUT2D eigenvalue weighted by molar-refractivity contribution is -0.136. The Morgan fingerprint density at radius 1 is 0.891 bits per heavy atom. The average Bonchev–Trinajstić information content (AvgIpc) is 3.72. The van der Waals surface area contributed by atoms with Crippen molar-refractivity contribution >= 4 is 52.5 Å². The molecule has 8 rings (SSSR count). The molecule has 5 amide bonds. The van der Waals surface area contributed by atoms with Gasteiger partial charge in [-0.05, 0) is 118 Å². The maximum atomic E-state index is 13.3. The fourth-order valence-electron chi connectivity index (χ4n) is 9.19. The summed E-state index contributed by atoms with van der Waals surface area (Å²) >= 11 is 6.32. The van der Waals surface area contributed by atoms with Crippen LogP contribution in [0.1, 0.15) is 106 Å². The van der Waals surface area contributed by atoms with Crippen molar-refractivity contribution in [3.63, 3.8) is 0 Å². The highest BCUT2D eigenvalue weighted by molar-refractivity contribution is 6.32. The molecule has 0 radical (unpaired) electrons. The molecule has 0 spiro atoms. The van der Waals surface area contributed by atoms with E-state index in [1.165, 1.54) is 0 Å². The first-order valence-electron chi connectivity index (χ1n) is 19.4. The predicted octanol–water partition coefficient (Wildman–Crippen LogP) is 5.16. The molecule has 12 nitrogen and oxygen atoms in total. The van der Waals surface area contributed by atoms with E-state index in [1.54, 1.807) is 6.07 Å². The van der Waals surface area contributed by atoms with E-state index in [0.717, 1.165) is 85.6 Å². The molecule has 3 aromatic rings. The Labute approximate surface area is 325 Å². The number of benzene rings is 3. The Hall–Kier alpha value is -5.25. The van der Waals surface area contributed by atoms with Crippen LogP contribution in [-0.4, -0.2) is 83.1 Å². The molecular formula is C42H44ClN7O5. The van der Waals surface area contributed by atoms with Gasteiger partial charge in [-0.15, -0.1) is 0 Å². The topological polar surface area (TPSA) is 146 Å². The molecule has 1 saturated carbocycles. The van der Waals surface area contributed by atoms with Crippen molar-refractivity contribution in [3.05, 3.63) is 93.0 Å². The first kappa shape index (κ1) is 36.7. The number of nitrogens with zero attached hydrogens (tertiary/aromatic N) is 5. The highest BCUT2D eigenvalue weighted by Gasteiger charge is 2.45. The lowest BCUT2D eigenvalue weighted by Crippen LogP contribution is -2.54. The van der Waals surface area contributed by atoms with Gasteiger partial charge in [0.25, 0.3) is 17.7 Å². The van der Waals surface area contributed by atoms with Crippen LogP contribution in [0.2, 0.25) is 5.02 Å². The van der Waals surface area contributed by atoms with Crippen LogP contribution in [0, 0.1) is 11.3 Å². The SMILES string of the molecule is CCN(c1ccc(C#N)c(Cl)c1)[C@H]1CC[C@H](NC(=O)c2ccc(N3CCC(N4Cc5cc6c(cc5C4)C(=O)N(C4CCC(=O)NC4=O)C6=O)CC3)cc2)CC1. The van der Waals surface area contributed by atoms with E-state index in [2.05, 4.69) is 38.3 Å². The molecule has 4 aliphatic heterocycles. The molecule has 4 heterocycles. The Kier molecular flexibility index (Phi) is 10.1. The summed E-state index contributed by atoms with van der Waals surface area (Å²) < 4.78 is 0. The van der Waals surface area contributed by atoms with Crippen LogP contribution in [0.5, 0.6) is 0 Å². The summed E-state index contributed by atoms with van der Waals surface area (Å²) in [5.74, 6) is -1.98.